The molecule has 1 N–H and O–H groups in total. The molecule has 1 amide bonds. The van der Waals surface area contributed by atoms with Crippen LogP contribution in [0, 0.1) is 11.3 Å². The second-order valence-corrected chi connectivity index (χ2v) is 6.09. The van der Waals surface area contributed by atoms with Crippen molar-refractivity contribution in [3.63, 3.8) is 0 Å². The van der Waals surface area contributed by atoms with Crippen molar-refractivity contribution >= 4 is 5.91 Å². The van der Waals surface area contributed by atoms with Crippen LogP contribution in [0.4, 0.5) is 0 Å². The molecular weight excluding hydrogens is 272 g/mol. The molecule has 6 nitrogen and oxygen atoms in total. The summed E-state index contributed by atoms with van der Waals surface area (Å²) in [5.74, 6) is 0.415. The highest BCUT2D eigenvalue weighted by molar-refractivity contribution is 5.77. The zero-order valence-corrected chi connectivity index (χ0v) is 12.3. The average molecular weight is 294 g/mol. The van der Waals surface area contributed by atoms with Crippen molar-refractivity contribution < 1.29 is 18.7 Å². The first kappa shape index (κ1) is 14.6. The summed E-state index contributed by atoms with van der Waals surface area (Å²) in [4.78, 5) is 14.0. The topological polar surface area (TPSA) is 63.9 Å². The third kappa shape index (κ3) is 3.12. The Morgan fingerprint density at radius 3 is 3.29 bits per heavy atom. The molecular formula is C15H22N2O4. The average Bonchev–Trinajstić information content (AvgIpc) is 3.13. The number of hydrogen-bond acceptors (Lipinski definition) is 5. The van der Waals surface area contributed by atoms with Crippen LogP contribution in [0.2, 0.25) is 0 Å². The van der Waals surface area contributed by atoms with E-state index in [1.54, 1.807) is 12.5 Å². The number of ether oxygens (including phenoxy) is 2. The number of furan rings is 1. The number of fused-ring (bicyclic) bond motifs is 1. The first-order valence-electron chi connectivity index (χ1n) is 7.29. The van der Waals surface area contributed by atoms with Crippen LogP contribution in [0.1, 0.15) is 5.56 Å². The van der Waals surface area contributed by atoms with E-state index in [0.29, 0.717) is 19.1 Å². The Labute approximate surface area is 124 Å². The van der Waals surface area contributed by atoms with Gasteiger partial charge in [-0.25, -0.2) is 0 Å². The minimum Gasteiger partial charge on any atom is -0.472 e. The molecule has 2 fully saturated rings. The lowest BCUT2D eigenvalue weighted by Crippen LogP contribution is -2.44. The molecule has 2 aliphatic rings. The summed E-state index contributed by atoms with van der Waals surface area (Å²) in [6.07, 6.45) is 3.49. The molecule has 0 radical (unpaired) electrons. The van der Waals surface area contributed by atoms with Gasteiger partial charge in [-0.1, -0.05) is 0 Å². The number of nitrogens with zero attached hydrogens (tertiary/aromatic N) is 1. The van der Waals surface area contributed by atoms with E-state index in [-0.39, 0.29) is 17.9 Å². The Kier molecular flexibility index (Phi) is 4.28. The van der Waals surface area contributed by atoms with Crippen molar-refractivity contribution in [1.29, 1.82) is 0 Å². The molecule has 2 aliphatic heterocycles. The van der Waals surface area contributed by atoms with E-state index < -0.39 is 0 Å². The normalized spacial score (nSPS) is 28.7. The number of methoxy groups -OCH3 is 1. The lowest BCUT2D eigenvalue weighted by Gasteiger charge is -2.27. The van der Waals surface area contributed by atoms with Gasteiger partial charge >= 0.3 is 0 Å². The summed E-state index contributed by atoms with van der Waals surface area (Å²) in [5, 5.41) is 2.98. The van der Waals surface area contributed by atoms with E-state index in [9.17, 15) is 4.79 Å². The van der Waals surface area contributed by atoms with Crippen molar-refractivity contribution in [3.05, 3.63) is 24.2 Å². The van der Waals surface area contributed by atoms with Crippen LogP contribution >= 0.6 is 0 Å². The van der Waals surface area contributed by atoms with Crippen LogP contribution in [0.25, 0.3) is 0 Å². The minimum absolute atomic E-state index is 0.0349. The van der Waals surface area contributed by atoms with Gasteiger partial charge in [-0.15, -0.1) is 0 Å². The molecule has 0 bridgehead atoms. The fraction of sp³-hybridized carbons (Fsp3) is 0.667. The van der Waals surface area contributed by atoms with Crippen LogP contribution in [-0.2, 0) is 20.8 Å². The first-order chi connectivity index (χ1) is 10.2. The third-order valence-electron chi connectivity index (χ3n) is 4.49. The molecule has 1 aromatic heterocycles. The minimum atomic E-state index is -0.0641. The number of amides is 1. The molecule has 0 aliphatic carbocycles. The molecule has 6 heteroatoms. The Hall–Kier alpha value is -1.37. The Morgan fingerprint density at radius 1 is 1.62 bits per heavy atom. The molecule has 0 saturated carbocycles. The van der Waals surface area contributed by atoms with Crippen molar-refractivity contribution in [2.45, 2.75) is 6.54 Å². The lowest BCUT2D eigenvalue weighted by atomic mass is 9.81. The first-order valence-corrected chi connectivity index (χ1v) is 7.29. The van der Waals surface area contributed by atoms with Crippen LogP contribution in [-0.4, -0.2) is 57.4 Å². The Morgan fingerprint density at radius 2 is 2.52 bits per heavy atom. The number of carbonyl (C=O) groups is 1. The molecule has 116 valence electrons. The van der Waals surface area contributed by atoms with Crippen molar-refractivity contribution in [2.24, 2.45) is 11.3 Å². The van der Waals surface area contributed by atoms with Gasteiger partial charge in [0.15, 0.2) is 0 Å². The third-order valence-corrected chi connectivity index (χ3v) is 4.49. The number of rotatable bonds is 6. The van der Waals surface area contributed by atoms with E-state index >= 15 is 0 Å². The maximum atomic E-state index is 11.6. The second kappa shape index (κ2) is 6.17. The van der Waals surface area contributed by atoms with Crippen molar-refractivity contribution in [1.82, 2.24) is 10.2 Å². The molecule has 0 unspecified atom stereocenters. The molecule has 3 heterocycles. The van der Waals surface area contributed by atoms with Gasteiger partial charge in [-0.2, -0.15) is 0 Å². The number of hydrogen-bond donors (Lipinski definition) is 1. The predicted octanol–water partition coefficient (Wildman–Crippen LogP) is 0.491. The highest BCUT2D eigenvalue weighted by atomic mass is 16.5. The van der Waals surface area contributed by atoms with Crippen LogP contribution in [0.15, 0.2) is 23.0 Å². The van der Waals surface area contributed by atoms with Gasteiger partial charge in [-0.05, 0) is 6.07 Å². The van der Waals surface area contributed by atoms with E-state index in [1.165, 1.54) is 12.7 Å². The highest BCUT2D eigenvalue weighted by Crippen LogP contribution is 2.41. The molecule has 3 rings (SSSR count). The summed E-state index contributed by atoms with van der Waals surface area (Å²) in [5.41, 5.74) is 1.22. The zero-order chi connectivity index (χ0) is 14.7. The predicted molar refractivity (Wildman–Crippen MR) is 75.6 cm³/mol. The number of nitrogens with one attached hydrogen (secondary N) is 1. The molecule has 0 aromatic carbocycles. The summed E-state index contributed by atoms with van der Waals surface area (Å²) < 4.78 is 15.6. The van der Waals surface area contributed by atoms with Crippen LogP contribution < -0.4 is 5.32 Å². The number of likely N-dealkylation sites (tertiary alicyclic amines) is 1. The quantitative estimate of drug-likeness (QED) is 0.827. The molecule has 0 spiro atoms. The SMILES string of the molecule is COCC(=O)NC[C@]12COC[C@H]1CN(Cc1ccoc1)C2. The summed E-state index contributed by atoms with van der Waals surface area (Å²) in [6, 6.07) is 2.00. The van der Waals surface area contributed by atoms with Crippen molar-refractivity contribution in [2.75, 3.05) is 46.6 Å². The van der Waals surface area contributed by atoms with Gasteiger partial charge in [0.1, 0.15) is 6.61 Å². The highest BCUT2D eigenvalue weighted by Gasteiger charge is 2.50. The largest absolute Gasteiger partial charge is 0.472 e. The zero-order valence-electron chi connectivity index (χ0n) is 12.3. The fourth-order valence-electron chi connectivity index (χ4n) is 3.41. The van der Waals surface area contributed by atoms with Crippen molar-refractivity contribution in [3.8, 4) is 0 Å². The monoisotopic (exact) mass is 294 g/mol. The van der Waals surface area contributed by atoms with Gasteiger partial charge < -0.3 is 19.2 Å². The van der Waals surface area contributed by atoms with E-state index in [2.05, 4.69) is 10.2 Å². The molecule has 2 atom stereocenters. The Balaban J connectivity index is 1.59. The Bertz CT molecular complexity index is 476. The maximum Gasteiger partial charge on any atom is 0.246 e. The number of carbonyl (C=O) groups excluding carboxylic acids is 1. The standard InChI is InChI=1S/C15H22N2O4/c1-19-8-14(18)16-9-15-10-17(4-12-2-3-20-6-12)5-13(15)7-21-11-15/h2-3,6,13H,4-5,7-11H2,1H3,(H,16,18)/t13-,15+/m1/s1. The summed E-state index contributed by atoms with van der Waals surface area (Å²) in [6.45, 7) is 5.10. The van der Waals surface area contributed by atoms with Crippen LogP contribution in [0.3, 0.4) is 0 Å². The van der Waals surface area contributed by atoms with E-state index in [1.807, 2.05) is 6.07 Å². The van der Waals surface area contributed by atoms with Crippen LogP contribution in [0.5, 0.6) is 0 Å². The van der Waals surface area contributed by atoms with E-state index in [0.717, 1.165) is 26.2 Å². The lowest BCUT2D eigenvalue weighted by molar-refractivity contribution is -0.125. The van der Waals surface area contributed by atoms with Gasteiger partial charge in [0.25, 0.3) is 0 Å². The molecule has 21 heavy (non-hydrogen) atoms. The van der Waals surface area contributed by atoms with E-state index in [4.69, 9.17) is 13.9 Å². The van der Waals surface area contributed by atoms with Gasteiger partial charge in [0.2, 0.25) is 5.91 Å². The smallest absolute Gasteiger partial charge is 0.246 e. The summed E-state index contributed by atoms with van der Waals surface area (Å²) >= 11 is 0. The fourth-order valence-corrected chi connectivity index (χ4v) is 3.41. The van der Waals surface area contributed by atoms with Gasteiger partial charge in [0, 0.05) is 50.2 Å². The molecule has 1 aromatic rings. The summed E-state index contributed by atoms with van der Waals surface area (Å²) in [7, 11) is 1.53. The van der Waals surface area contributed by atoms with Gasteiger partial charge in [-0.3, -0.25) is 9.69 Å². The second-order valence-electron chi connectivity index (χ2n) is 6.09. The molecule has 2 saturated heterocycles. The van der Waals surface area contributed by atoms with Gasteiger partial charge in [0.05, 0.1) is 25.7 Å². The maximum absolute atomic E-state index is 11.6.